The first kappa shape index (κ1) is 14.6. The van der Waals surface area contributed by atoms with Gasteiger partial charge in [-0.05, 0) is 12.8 Å². The van der Waals surface area contributed by atoms with Crippen LogP contribution in [0.2, 0.25) is 0 Å². The molecule has 0 fully saturated rings. The normalized spacial score (nSPS) is 11.7. The van der Waals surface area contributed by atoms with Crippen LogP contribution in [0.3, 0.4) is 0 Å². The van der Waals surface area contributed by atoms with Crippen molar-refractivity contribution in [3.8, 4) is 0 Å². The van der Waals surface area contributed by atoms with Crippen molar-refractivity contribution in [1.82, 2.24) is 0 Å². The fourth-order valence-corrected chi connectivity index (χ4v) is 1.12. The number of Topliss-reactive ketones (excluding diaryl/α,β-unsaturated/α-hetero) is 1. The standard InChI is InChI=1S/C12H24O3/c1-12(2,3)11(13)7-5-9-15-10-6-8-14-4/h5-10H2,1-4H3. The Morgan fingerprint density at radius 2 is 1.67 bits per heavy atom. The van der Waals surface area contributed by atoms with Gasteiger partial charge in [-0.2, -0.15) is 0 Å². The highest BCUT2D eigenvalue weighted by atomic mass is 16.5. The molecule has 0 bridgehead atoms. The molecule has 0 aromatic carbocycles. The van der Waals surface area contributed by atoms with Crippen LogP contribution in [0.15, 0.2) is 0 Å². The lowest BCUT2D eigenvalue weighted by Gasteiger charge is -2.16. The van der Waals surface area contributed by atoms with Crippen molar-refractivity contribution < 1.29 is 14.3 Å². The van der Waals surface area contributed by atoms with Crippen molar-refractivity contribution >= 4 is 5.78 Å². The van der Waals surface area contributed by atoms with Gasteiger partial charge in [0.1, 0.15) is 5.78 Å². The Morgan fingerprint density at radius 3 is 2.20 bits per heavy atom. The number of methoxy groups -OCH3 is 1. The quantitative estimate of drug-likeness (QED) is 0.585. The number of carbonyl (C=O) groups is 1. The van der Waals surface area contributed by atoms with Crippen LogP contribution in [0.4, 0.5) is 0 Å². The smallest absolute Gasteiger partial charge is 0.138 e. The molecule has 3 heteroatoms. The molecule has 0 aliphatic heterocycles. The van der Waals surface area contributed by atoms with Crippen molar-refractivity contribution in [2.75, 3.05) is 26.9 Å². The predicted octanol–water partition coefficient (Wildman–Crippen LogP) is 2.43. The molecular weight excluding hydrogens is 192 g/mol. The highest BCUT2D eigenvalue weighted by Crippen LogP contribution is 2.17. The Morgan fingerprint density at radius 1 is 1.07 bits per heavy atom. The zero-order valence-corrected chi connectivity index (χ0v) is 10.5. The van der Waals surface area contributed by atoms with Crippen LogP contribution in [-0.2, 0) is 14.3 Å². The van der Waals surface area contributed by atoms with E-state index in [1.54, 1.807) is 7.11 Å². The van der Waals surface area contributed by atoms with Crippen LogP contribution in [-0.4, -0.2) is 32.7 Å². The van der Waals surface area contributed by atoms with Crippen LogP contribution in [0.25, 0.3) is 0 Å². The Labute approximate surface area is 93.1 Å². The minimum atomic E-state index is -0.212. The van der Waals surface area contributed by atoms with Crippen molar-refractivity contribution in [2.24, 2.45) is 5.41 Å². The first-order valence-electron chi connectivity index (χ1n) is 5.58. The molecule has 0 aliphatic carbocycles. The number of hydrogen-bond donors (Lipinski definition) is 0. The van der Waals surface area contributed by atoms with E-state index < -0.39 is 0 Å². The summed E-state index contributed by atoms with van der Waals surface area (Å²) in [6, 6.07) is 0. The van der Waals surface area contributed by atoms with Crippen LogP contribution in [0.5, 0.6) is 0 Å². The van der Waals surface area contributed by atoms with Crippen LogP contribution >= 0.6 is 0 Å². The monoisotopic (exact) mass is 216 g/mol. The number of carbonyl (C=O) groups excluding carboxylic acids is 1. The Balaban J connectivity index is 3.28. The van der Waals surface area contributed by atoms with Crippen molar-refractivity contribution in [3.05, 3.63) is 0 Å². The van der Waals surface area contributed by atoms with E-state index in [4.69, 9.17) is 9.47 Å². The summed E-state index contributed by atoms with van der Waals surface area (Å²) in [7, 11) is 1.68. The number of rotatable bonds is 8. The average molecular weight is 216 g/mol. The molecule has 0 aliphatic rings. The topological polar surface area (TPSA) is 35.5 Å². The highest BCUT2D eigenvalue weighted by molar-refractivity contribution is 5.83. The first-order chi connectivity index (χ1) is 6.98. The van der Waals surface area contributed by atoms with Gasteiger partial charge >= 0.3 is 0 Å². The molecule has 0 unspecified atom stereocenters. The molecule has 0 heterocycles. The van der Waals surface area contributed by atoms with E-state index in [0.29, 0.717) is 18.8 Å². The highest BCUT2D eigenvalue weighted by Gasteiger charge is 2.19. The van der Waals surface area contributed by atoms with E-state index in [9.17, 15) is 4.79 Å². The second kappa shape index (κ2) is 7.83. The van der Waals surface area contributed by atoms with Gasteiger partial charge in [-0.3, -0.25) is 4.79 Å². The van der Waals surface area contributed by atoms with Crippen LogP contribution in [0, 0.1) is 5.41 Å². The van der Waals surface area contributed by atoms with Gasteiger partial charge in [-0.25, -0.2) is 0 Å². The summed E-state index contributed by atoms with van der Waals surface area (Å²) in [5, 5.41) is 0. The second-order valence-electron chi connectivity index (χ2n) is 4.74. The third kappa shape index (κ3) is 8.58. The summed E-state index contributed by atoms with van der Waals surface area (Å²) >= 11 is 0. The van der Waals surface area contributed by atoms with E-state index in [0.717, 1.165) is 26.1 Å². The van der Waals surface area contributed by atoms with Crippen molar-refractivity contribution in [2.45, 2.75) is 40.0 Å². The maximum atomic E-state index is 11.5. The fourth-order valence-electron chi connectivity index (χ4n) is 1.12. The van der Waals surface area contributed by atoms with Gasteiger partial charge in [-0.1, -0.05) is 20.8 Å². The van der Waals surface area contributed by atoms with Gasteiger partial charge in [0.05, 0.1) is 0 Å². The lowest BCUT2D eigenvalue weighted by atomic mass is 9.88. The zero-order chi connectivity index (χ0) is 11.7. The molecule has 15 heavy (non-hydrogen) atoms. The van der Waals surface area contributed by atoms with Gasteiger partial charge in [0, 0.05) is 38.8 Å². The summed E-state index contributed by atoms with van der Waals surface area (Å²) in [4.78, 5) is 11.5. The van der Waals surface area contributed by atoms with Crippen LogP contribution in [0.1, 0.15) is 40.0 Å². The molecule has 90 valence electrons. The molecule has 0 N–H and O–H groups in total. The Hall–Kier alpha value is -0.410. The molecule has 0 saturated carbocycles. The molecule has 0 aromatic rings. The molecule has 0 spiro atoms. The summed E-state index contributed by atoms with van der Waals surface area (Å²) in [6.45, 7) is 7.99. The van der Waals surface area contributed by atoms with Crippen LogP contribution < -0.4 is 0 Å². The average Bonchev–Trinajstić information content (AvgIpc) is 2.14. The molecule has 0 atom stereocenters. The summed E-state index contributed by atoms with van der Waals surface area (Å²) in [5.74, 6) is 0.308. The van der Waals surface area contributed by atoms with Gasteiger partial charge in [0.2, 0.25) is 0 Å². The summed E-state index contributed by atoms with van der Waals surface area (Å²) in [5.41, 5.74) is -0.212. The first-order valence-corrected chi connectivity index (χ1v) is 5.58. The molecular formula is C12H24O3. The SMILES string of the molecule is COCCCOCCCC(=O)C(C)(C)C. The van der Waals surface area contributed by atoms with E-state index in [2.05, 4.69) is 0 Å². The van der Waals surface area contributed by atoms with E-state index >= 15 is 0 Å². The molecule has 0 saturated heterocycles. The Bertz CT molecular complexity index is 170. The van der Waals surface area contributed by atoms with E-state index in [-0.39, 0.29) is 5.41 Å². The summed E-state index contributed by atoms with van der Waals surface area (Å²) < 4.78 is 10.3. The van der Waals surface area contributed by atoms with Gasteiger partial charge in [0.15, 0.2) is 0 Å². The molecule has 0 amide bonds. The molecule has 0 aromatic heterocycles. The minimum Gasteiger partial charge on any atom is -0.385 e. The minimum absolute atomic E-state index is 0.212. The number of ketones is 1. The fraction of sp³-hybridized carbons (Fsp3) is 0.917. The second-order valence-corrected chi connectivity index (χ2v) is 4.74. The van der Waals surface area contributed by atoms with Gasteiger partial charge in [0.25, 0.3) is 0 Å². The zero-order valence-electron chi connectivity index (χ0n) is 10.5. The maximum absolute atomic E-state index is 11.5. The Kier molecular flexibility index (Phi) is 7.61. The third-order valence-electron chi connectivity index (χ3n) is 2.17. The van der Waals surface area contributed by atoms with Gasteiger partial charge < -0.3 is 9.47 Å². The van der Waals surface area contributed by atoms with E-state index in [1.807, 2.05) is 20.8 Å². The number of ether oxygens (including phenoxy) is 2. The molecule has 0 radical (unpaired) electrons. The maximum Gasteiger partial charge on any atom is 0.138 e. The van der Waals surface area contributed by atoms with Crippen molar-refractivity contribution in [1.29, 1.82) is 0 Å². The molecule has 0 rings (SSSR count). The van der Waals surface area contributed by atoms with Crippen molar-refractivity contribution in [3.63, 3.8) is 0 Å². The van der Waals surface area contributed by atoms with E-state index in [1.165, 1.54) is 0 Å². The predicted molar refractivity (Wildman–Crippen MR) is 61.0 cm³/mol. The lowest BCUT2D eigenvalue weighted by molar-refractivity contribution is -0.126. The summed E-state index contributed by atoms with van der Waals surface area (Å²) in [6.07, 6.45) is 2.36. The third-order valence-corrected chi connectivity index (χ3v) is 2.17. The molecule has 3 nitrogen and oxygen atoms in total. The van der Waals surface area contributed by atoms with Gasteiger partial charge in [-0.15, -0.1) is 0 Å². The number of hydrogen-bond acceptors (Lipinski definition) is 3. The largest absolute Gasteiger partial charge is 0.385 e. The lowest BCUT2D eigenvalue weighted by Crippen LogP contribution is -2.20.